The topological polar surface area (TPSA) is 87.9 Å². The van der Waals surface area contributed by atoms with E-state index in [0.29, 0.717) is 42.5 Å². The Morgan fingerprint density at radius 3 is 2.59 bits per heavy atom. The summed E-state index contributed by atoms with van der Waals surface area (Å²) in [6.45, 7) is 1.63. The lowest BCUT2D eigenvalue weighted by molar-refractivity contribution is -0.0605. The summed E-state index contributed by atoms with van der Waals surface area (Å²) in [6.07, 6.45) is 2.50. The van der Waals surface area contributed by atoms with Gasteiger partial charge in [0, 0.05) is 18.7 Å². The van der Waals surface area contributed by atoms with Gasteiger partial charge in [0.2, 0.25) is 5.75 Å². The van der Waals surface area contributed by atoms with Crippen molar-refractivity contribution in [2.24, 2.45) is 0 Å². The SMILES string of the molecule is COc1cc(C(=O)N2CC[C@@H]3OCc4cnnn4[C@@H]3C2)cc(OC)c1OC. The first-order valence-corrected chi connectivity index (χ1v) is 8.76. The van der Waals surface area contributed by atoms with E-state index in [0.717, 1.165) is 12.1 Å². The number of ether oxygens (including phenoxy) is 4. The molecular formula is C18H22N4O5. The Hall–Kier alpha value is -2.81. The fourth-order valence-electron chi connectivity index (χ4n) is 3.75. The largest absolute Gasteiger partial charge is 0.493 e. The molecule has 2 atom stereocenters. The normalized spacial score (nSPS) is 21.2. The molecular weight excluding hydrogens is 352 g/mol. The van der Waals surface area contributed by atoms with Crippen LogP contribution in [0.25, 0.3) is 0 Å². The van der Waals surface area contributed by atoms with Crippen LogP contribution in [0.1, 0.15) is 28.5 Å². The number of piperidine rings is 1. The zero-order valence-electron chi connectivity index (χ0n) is 15.5. The molecule has 144 valence electrons. The molecule has 9 heteroatoms. The first-order valence-electron chi connectivity index (χ1n) is 8.76. The van der Waals surface area contributed by atoms with Crippen LogP contribution in [-0.4, -0.2) is 66.3 Å². The highest BCUT2D eigenvalue weighted by atomic mass is 16.5. The van der Waals surface area contributed by atoms with Gasteiger partial charge >= 0.3 is 0 Å². The van der Waals surface area contributed by atoms with Gasteiger partial charge in [-0.15, -0.1) is 5.10 Å². The summed E-state index contributed by atoms with van der Waals surface area (Å²) in [7, 11) is 4.59. The number of benzene rings is 1. The van der Waals surface area contributed by atoms with Crippen LogP contribution in [0.5, 0.6) is 17.2 Å². The Morgan fingerprint density at radius 1 is 1.19 bits per heavy atom. The van der Waals surface area contributed by atoms with Crippen LogP contribution in [0.2, 0.25) is 0 Å². The highest BCUT2D eigenvalue weighted by Gasteiger charge is 2.38. The molecule has 3 heterocycles. The Bertz CT molecular complexity index is 827. The van der Waals surface area contributed by atoms with Gasteiger partial charge in [0.1, 0.15) is 0 Å². The monoisotopic (exact) mass is 374 g/mol. The number of carbonyl (C=O) groups excluding carboxylic acids is 1. The Kier molecular flexibility index (Phi) is 4.61. The molecule has 27 heavy (non-hydrogen) atoms. The number of aromatic nitrogens is 3. The van der Waals surface area contributed by atoms with E-state index in [1.54, 1.807) is 18.3 Å². The molecule has 0 spiro atoms. The van der Waals surface area contributed by atoms with Crippen LogP contribution >= 0.6 is 0 Å². The quantitative estimate of drug-likeness (QED) is 0.797. The van der Waals surface area contributed by atoms with Crippen molar-refractivity contribution in [3.8, 4) is 17.2 Å². The van der Waals surface area contributed by atoms with E-state index in [4.69, 9.17) is 18.9 Å². The van der Waals surface area contributed by atoms with Gasteiger partial charge in [0.05, 0.1) is 52.0 Å². The van der Waals surface area contributed by atoms with E-state index in [-0.39, 0.29) is 18.1 Å². The summed E-state index contributed by atoms with van der Waals surface area (Å²) in [4.78, 5) is 15.0. The Balaban J connectivity index is 1.61. The standard InChI is InChI=1S/C18H22N4O5/c1-24-15-6-11(7-16(25-2)17(15)26-3)18(23)21-5-4-14-13(9-21)22-12(10-27-14)8-19-20-22/h6-8,13-14H,4-5,9-10H2,1-3H3/t13-,14+/m1/s1. The first kappa shape index (κ1) is 17.6. The van der Waals surface area contributed by atoms with Crippen LogP contribution in [0.3, 0.4) is 0 Å². The molecule has 0 aliphatic carbocycles. The molecule has 0 radical (unpaired) electrons. The number of likely N-dealkylation sites (tertiary alicyclic amines) is 1. The lowest BCUT2D eigenvalue weighted by Gasteiger charge is -2.41. The highest BCUT2D eigenvalue weighted by Crippen LogP contribution is 2.39. The maximum Gasteiger partial charge on any atom is 0.254 e. The van der Waals surface area contributed by atoms with Crippen molar-refractivity contribution in [2.45, 2.75) is 25.2 Å². The number of amides is 1. The lowest BCUT2D eigenvalue weighted by atomic mass is 9.99. The van der Waals surface area contributed by atoms with E-state index in [2.05, 4.69) is 10.3 Å². The molecule has 2 aliphatic rings. The third-order valence-electron chi connectivity index (χ3n) is 5.13. The van der Waals surface area contributed by atoms with Crippen LogP contribution in [0, 0.1) is 0 Å². The third-order valence-corrected chi connectivity index (χ3v) is 5.13. The fraction of sp³-hybridized carbons (Fsp3) is 0.500. The lowest BCUT2D eigenvalue weighted by Crippen LogP contribution is -2.49. The number of carbonyl (C=O) groups is 1. The van der Waals surface area contributed by atoms with E-state index < -0.39 is 0 Å². The maximum atomic E-state index is 13.1. The first-order chi connectivity index (χ1) is 13.2. The smallest absolute Gasteiger partial charge is 0.254 e. The van der Waals surface area contributed by atoms with E-state index in [1.807, 2.05) is 9.58 Å². The maximum absolute atomic E-state index is 13.1. The molecule has 2 aromatic rings. The van der Waals surface area contributed by atoms with Crippen LogP contribution in [-0.2, 0) is 11.3 Å². The molecule has 1 saturated heterocycles. The summed E-state index contributed by atoms with van der Waals surface area (Å²) in [5.41, 5.74) is 1.41. The van der Waals surface area contributed by atoms with Gasteiger partial charge in [-0.25, -0.2) is 4.68 Å². The predicted molar refractivity (Wildman–Crippen MR) is 94.3 cm³/mol. The van der Waals surface area contributed by atoms with Crippen molar-refractivity contribution in [2.75, 3.05) is 34.4 Å². The van der Waals surface area contributed by atoms with Gasteiger partial charge in [0.15, 0.2) is 11.5 Å². The fourth-order valence-corrected chi connectivity index (χ4v) is 3.75. The molecule has 1 aromatic heterocycles. The van der Waals surface area contributed by atoms with Gasteiger partial charge in [-0.3, -0.25) is 4.79 Å². The second-order valence-electron chi connectivity index (χ2n) is 6.54. The number of fused-ring (bicyclic) bond motifs is 3. The van der Waals surface area contributed by atoms with Gasteiger partial charge in [0.25, 0.3) is 5.91 Å². The van der Waals surface area contributed by atoms with Gasteiger partial charge in [-0.1, -0.05) is 5.21 Å². The van der Waals surface area contributed by atoms with Crippen molar-refractivity contribution in [1.82, 2.24) is 19.9 Å². The predicted octanol–water partition coefficient (Wildman–Crippen LogP) is 1.29. The van der Waals surface area contributed by atoms with Crippen molar-refractivity contribution in [1.29, 1.82) is 0 Å². The summed E-state index contributed by atoms with van der Waals surface area (Å²) in [5.74, 6) is 1.27. The number of rotatable bonds is 4. The van der Waals surface area contributed by atoms with E-state index in [1.165, 1.54) is 21.3 Å². The van der Waals surface area contributed by atoms with Crippen molar-refractivity contribution in [3.05, 3.63) is 29.6 Å². The highest BCUT2D eigenvalue weighted by molar-refractivity contribution is 5.95. The summed E-state index contributed by atoms with van der Waals surface area (Å²) in [6, 6.07) is 3.32. The zero-order chi connectivity index (χ0) is 19.0. The van der Waals surface area contributed by atoms with E-state index >= 15 is 0 Å². The Labute approximate surface area is 156 Å². The summed E-state index contributed by atoms with van der Waals surface area (Å²) in [5, 5.41) is 8.15. The van der Waals surface area contributed by atoms with Gasteiger partial charge < -0.3 is 23.8 Å². The average Bonchev–Trinajstić information content (AvgIpc) is 3.21. The number of hydrogen-bond donors (Lipinski definition) is 0. The minimum absolute atomic E-state index is 0.0315. The van der Waals surface area contributed by atoms with Crippen molar-refractivity contribution in [3.63, 3.8) is 0 Å². The second kappa shape index (κ2) is 7.07. The molecule has 0 saturated carbocycles. The van der Waals surface area contributed by atoms with Crippen LogP contribution in [0.15, 0.2) is 18.3 Å². The summed E-state index contributed by atoms with van der Waals surface area (Å²) < 4.78 is 23.8. The molecule has 0 N–H and O–H groups in total. The molecule has 1 fully saturated rings. The van der Waals surface area contributed by atoms with E-state index in [9.17, 15) is 4.79 Å². The molecule has 0 unspecified atom stereocenters. The minimum Gasteiger partial charge on any atom is -0.493 e. The Morgan fingerprint density at radius 2 is 1.93 bits per heavy atom. The molecule has 2 aliphatic heterocycles. The van der Waals surface area contributed by atoms with Crippen molar-refractivity contribution < 1.29 is 23.7 Å². The molecule has 1 amide bonds. The molecule has 1 aromatic carbocycles. The molecule has 0 bridgehead atoms. The van der Waals surface area contributed by atoms with Crippen molar-refractivity contribution >= 4 is 5.91 Å². The summed E-state index contributed by atoms with van der Waals surface area (Å²) >= 11 is 0. The van der Waals surface area contributed by atoms with Crippen LogP contribution < -0.4 is 14.2 Å². The average molecular weight is 374 g/mol. The zero-order valence-corrected chi connectivity index (χ0v) is 15.5. The number of methoxy groups -OCH3 is 3. The molecule has 9 nitrogen and oxygen atoms in total. The number of hydrogen-bond acceptors (Lipinski definition) is 7. The molecule has 4 rings (SSSR count). The van der Waals surface area contributed by atoms with Gasteiger partial charge in [-0.05, 0) is 18.6 Å². The third kappa shape index (κ3) is 2.97. The minimum atomic E-state index is -0.0973. The van der Waals surface area contributed by atoms with Gasteiger partial charge in [-0.2, -0.15) is 0 Å². The van der Waals surface area contributed by atoms with Crippen LogP contribution in [0.4, 0.5) is 0 Å². The number of nitrogens with zero attached hydrogens (tertiary/aromatic N) is 4. The second-order valence-corrected chi connectivity index (χ2v) is 6.54.